The van der Waals surface area contributed by atoms with Gasteiger partial charge in [0.05, 0.1) is 12.4 Å². The van der Waals surface area contributed by atoms with Gasteiger partial charge < -0.3 is 9.26 Å². The average Bonchev–Trinajstić information content (AvgIpc) is 3.00. The molecule has 118 valence electrons. The first-order valence-corrected chi connectivity index (χ1v) is 8.18. The highest BCUT2D eigenvalue weighted by Crippen LogP contribution is 2.54. The van der Waals surface area contributed by atoms with Crippen LogP contribution in [0, 0.1) is 0 Å². The molecule has 0 saturated heterocycles. The fourth-order valence-electron chi connectivity index (χ4n) is 2.64. The monoisotopic (exact) mass is 374 g/mol. The van der Waals surface area contributed by atoms with Gasteiger partial charge in [-0.3, -0.25) is 4.68 Å². The third-order valence-corrected chi connectivity index (χ3v) is 4.47. The summed E-state index contributed by atoms with van der Waals surface area (Å²) < 4.78 is 13.7. The Balaban J connectivity index is 1.38. The van der Waals surface area contributed by atoms with E-state index < -0.39 is 0 Å². The summed E-state index contributed by atoms with van der Waals surface area (Å²) in [4.78, 5) is 4.45. The molecule has 1 saturated carbocycles. The molecule has 2 aromatic heterocycles. The Kier molecular flexibility index (Phi) is 3.65. The van der Waals surface area contributed by atoms with E-state index >= 15 is 0 Å². The van der Waals surface area contributed by atoms with Gasteiger partial charge in [-0.25, -0.2) is 0 Å². The topological polar surface area (TPSA) is 66.0 Å². The predicted octanol–water partition coefficient (Wildman–Crippen LogP) is 3.42. The van der Waals surface area contributed by atoms with E-state index in [-0.39, 0.29) is 6.61 Å². The summed E-state index contributed by atoms with van der Waals surface area (Å²) in [6.07, 6.45) is 4.50. The maximum atomic E-state index is 5.58. The lowest BCUT2D eigenvalue weighted by Crippen LogP contribution is -1.97. The molecule has 0 amide bonds. The molecule has 0 spiro atoms. The molecule has 7 heteroatoms. The van der Waals surface area contributed by atoms with Gasteiger partial charge >= 0.3 is 0 Å². The van der Waals surface area contributed by atoms with Crippen LogP contribution in [-0.4, -0.2) is 19.9 Å². The van der Waals surface area contributed by atoms with Crippen LogP contribution in [0.15, 0.2) is 45.7 Å². The van der Waals surface area contributed by atoms with Crippen LogP contribution in [-0.2, 0) is 13.7 Å². The first kappa shape index (κ1) is 14.4. The third kappa shape index (κ3) is 3.14. The van der Waals surface area contributed by atoms with Gasteiger partial charge in [-0.2, -0.15) is 10.1 Å². The zero-order chi connectivity index (χ0) is 15.8. The second-order valence-corrected chi connectivity index (χ2v) is 6.60. The lowest BCUT2D eigenvalue weighted by Gasteiger charge is -1.98. The summed E-state index contributed by atoms with van der Waals surface area (Å²) in [6, 6.07) is 8.40. The number of nitrogens with zero attached hydrogens (tertiary/aromatic N) is 4. The highest BCUT2D eigenvalue weighted by Gasteiger charge is 2.43. The van der Waals surface area contributed by atoms with Gasteiger partial charge in [0.25, 0.3) is 0 Å². The number of ether oxygens (including phenoxy) is 1. The van der Waals surface area contributed by atoms with Crippen molar-refractivity contribution < 1.29 is 9.26 Å². The van der Waals surface area contributed by atoms with Gasteiger partial charge in [0.1, 0.15) is 0 Å². The standard InChI is InChI=1S/C16H15BrN4O2/c1-21-8-12(7-18-21)22-9-15-19-16(23-20-15)14-6-13(14)10-2-4-11(17)5-3-10/h2-5,7-8,13-14H,6,9H2,1H3/t13-,14+/m0/s1. The van der Waals surface area contributed by atoms with Crippen molar-refractivity contribution in [3.8, 4) is 5.75 Å². The molecule has 0 unspecified atom stereocenters. The summed E-state index contributed by atoms with van der Waals surface area (Å²) in [5, 5.41) is 8.04. The summed E-state index contributed by atoms with van der Waals surface area (Å²) in [5.74, 6) is 2.73. The van der Waals surface area contributed by atoms with E-state index in [1.165, 1.54) is 5.56 Å². The molecule has 0 bridgehead atoms. The Bertz CT molecular complexity index is 812. The summed E-state index contributed by atoms with van der Waals surface area (Å²) in [7, 11) is 1.84. The summed E-state index contributed by atoms with van der Waals surface area (Å²) in [6.45, 7) is 0.283. The van der Waals surface area contributed by atoms with Crippen LogP contribution in [0.3, 0.4) is 0 Å². The van der Waals surface area contributed by atoms with Gasteiger partial charge in [-0.05, 0) is 30.0 Å². The second kappa shape index (κ2) is 5.81. The zero-order valence-electron chi connectivity index (χ0n) is 12.5. The van der Waals surface area contributed by atoms with Gasteiger partial charge in [0, 0.05) is 17.4 Å². The van der Waals surface area contributed by atoms with Crippen molar-refractivity contribution in [2.75, 3.05) is 0 Å². The number of halogens is 1. The van der Waals surface area contributed by atoms with Crippen molar-refractivity contribution in [3.63, 3.8) is 0 Å². The third-order valence-electron chi connectivity index (χ3n) is 3.94. The van der Waals surface area contributed by atoms with Crippen molar-refractivity contribution in [2.45, 2.75) is 24.9 Å². The number of rotatable bonds is 5. The Morgan fingerprint density at radius 2 is 2.13 bits per heavy atom. The number of benzene rings is 1. The van der Waals surface area contributed by atoms with Crippen LogP contribution in [0.4, 0.5) is 0 Å². The average molecular weight is 375 g/mol. The quantitative estimate of drug-likeness (QED) is 0.684. The van der Waals surface area contributed by atoms with Crippen molar-refractivity contribution in [1.82, 2.24) is 19.9 Å². The van der Waals surface area contributed by atoms with E-state index in [1.54, 1.807) is 17.1 Å². The van der Waals surface area contributed by atoms with Crippen LogP contribution < -0.4 is 4.74 Å². The maximum Gasteiger partial charge on any atom is 0.230 e. The molecule has 23 heavy (non-hydrogen) atoms. The van der Waals surface area contributed by atoms with Gasteiger partial charge in [0.15, 0.2) is 12.4 Å². The molecule has 1 fully saturated rings. The van der Waals surface area contributed by atoms with Crippen molar-refractivity contribution in [3.05, 3.63) is 58.4 Å². The minimum atomic E-state index is 0.283. The smallest absolute Gasteiger partial charge is 0.230 e. The molecule has 1 aliphatic carbocycles. The number of hydrogen-bond donors (Lipinski definition) is 0. The van der Waals surface area contributed by atoms with Gasteiger partial charge in [-0.15, -0.1) is 0 Å². The van der Waals surface area contributed by atoms with Crippen molar-refractivity contribution in [2.24, 2.45) is 7.05 Å². The van der Waals surface area contributed by atoms with Crippen LogP contribution in [0.1, 0.15) is 35.5 Å². The minimum absolute atomic E-state index is 0.283. The molecule has 2 heterocycles. The highest BCUT2D eigenvalue weighted by molar-refractivity contribution is 9.10. The van der Waals surface area contributed by atoms with E-state index in [4.69, 9.17) is 9.26 Å². The first-order valence-electron chi connectivity index (χ1n) is 7.38. The molecule has 0 aliphatic heterocycles. The summed E-state index contributed by atoms with van der Waals surface area (Å²) in [5.41, 5.74) is 1.31. The molecule has 3 aromatic rings. The normalized spacial score (nSPS) is 19.7. The van der Waals surface area contributed by atoms with E-state index in [1.807, 2.05) is 7.05 Å². The Morgan fingerprint density at radius 3 is 2.87 bits per heavy atom. The van der Waals surface area contributed by atoms with Gasteiger partial charge in [-0.1, -0.05) is 33.2 Å². The number of aryl methyl sites for hydroxylation is 1. The lowest BCUT2D eigenvalue weighted by molar-refractivity contribution is 0.285. The molecule has 6 nitrogen and oxygen atoms in total. The minimum Gasteiger partial charge on any atom is -0.482 e. The van der Waals surface area contributed by atoms with Gasteiger partial charge in [0.2, 0.25) is 11.7 Å². The van der Waals surface area contributed by atoms with E-state index in [2.05, 4.69) is 55.4 Å². The fourth-order valence-corrected chi connectivity index (χ4v) is 2.91. The van der Waals surface area contributed by atoms with Crippen LogP contribution >= 0.6 is 15.9 Å². The molecule has 1 aliphatic rings. The van der Waals surface area contributed by atoms with Crippen molar-refractivity contribution in [1.29, 1.82) is 0 Å². The molecule has 2 atom stereocenters. The number of aromatic nitrogens is 4. The Morgan fingerprint density at radius 1 is 1.30 bits per heavy atom. The first-order chi connectivity index (χ1) is 11.2. The molecule has 4 rings (SSSR count). The second-order valence-electron chi connectivity index (χ2n) is 5.69. The predicted molar refractivity (Wildman–Crippen MR) is 86.1 cm³/mol. The van der Waals surface area contributed by atoms with E-state index in [0.29, 0.717) is 29.3 Å². The maximum absolute atomic E-state index is 5.58. The SMILES string of the molecule is Cn1cc(OCc2noc([C@@H]3C[C@H]3c3ccc(Br)cc3)n2)cn1. The largest absolute Gasteiger partial charge is 0.482 e. The zero-order valence-corrected chi connectivity index (χ0v) is 14.1. The van der Waals surface area contributed by atoms with Crippen LogP contribution in [0.5, 0.6) is 5.75 Å². The molecule has 0 N–H and O–H groups in total. The van der Waals surface area contributed by atoms with E-state index in [0.717, 1.165) is 10.9 Å². The lowest BCUT2D eigenvalue weighted by atomic mass is 10.1. The molecular weight excluding hydrogens is 360 g/mol. The summed E-state index contributed by atoms with van der Waals surface area (Å²) >= 11 is 3.46. The Hall–Kier alpha value is -2.15. The number of hydrogen-bond acceptors (Lipinski definition) is 5. The van der Waals surface area contributed by atoms with Crippen LogP contribution in [0.2, 0.25) is 0 Å². The highest BCUT2D eigenvalue weighted by atomic mass is 79.9. The fraction of sp³-hybridized carbons (Fsp3) is 0.312. The van der Waals surface area contributed by atoms with Crippen LogP contribution in [0.25, 0.3) is 0 Å². The molecular formula is C16H15BrN4O2. The van der Waals surface area contributed by atoms with Crippen molar-refractivity contribution >= 4 is 15.9 Å². The molecule has 1 aromatic carbocycles. The molecule has 0 radical (unpaired) electrons. The van der Waals surface area contributed by atoms with E-state index in [9.17, 15) is 0 Å². The Labute approximate surface area is 141 Å².